The van der Waals surface area contributed by atoms with Gasteiger partial charge in [-0.1, -0.05) is 12.1 Å². The van der Waals surface area contributed by atoms with Crippen LogP contribution < -0.4 is 10.1 Å². The lowest BCUT2D eigenvalue weighted by atomic mass is 10.1. The maximum atomic E-state index is 12.2. The van der Waals surface area contributed by atoms with E-state index in [1.54, 1.807) is 23.5 Å². The van der Waals surface area contributed by atoms with Crippen molar-refractivity contribution in [2.45, 2.75) is 26.0 Å². The fraction of sp³-hybridized carbons (Fsp3) is 0.333. The summed E-state index contributed by atoms with van der Waals surface area (Å²) in [5, 5.41) is 3.39. The fourth-order valence-corrected chi connectivity index (χ4v) is 3.46. The summed E-state index contributed by atoms with van der Waals surface area (Å²) in [5.74, 6) is 0.193. The summed E-state index contributed by atoms with van der Waals surface area (Å²) in [5.41, 5.74) is 0.931. The van der Waals surface area contributed by atoms with E-state index in [-0.39, 0.29) is 11.8 Å². The highest BCUT2D eigenvalue weighted by atomic mass is 79.9. The molecule has 1 N–H and O–H groups in total. The monoisotopic (exact) mass is 375 g/mol. The van der Waals surface area contributed by atoms with E-state index in [1.807, 2.05) is 19.1 Å². The maximum Gasteiger partial charge on any atom is 0.387 e. The van der Waals surface area contributed by atoms with Crippen LogP contribution in [0.4, 0.5) is 8.78 Å². The van der Waals surface area contributed by atoms with Crippen LogP contribution in [0.3, 0.4) is 0 Å². The van der Waals surface area contributed by atoms with Gasteiger partial charge < -0.3 is 10.1 Å². The Kier molecular flexibility index (Phi) is 6.14. The van der Waals surface area contributed by atoms with Crippen LogP contribution in [-0.2, 0) is 6.42 Å². The molecule has 0 aliphatic rings. The Balaban J connectivity index is 1.86. The SMILES string of the molecule is CC(NCCc1ccc(Br)s1)c1cccc(OC(F)F)c1. The first-order chi connectivity index (χ1) is 10.0. The summed E-state index contributed by atoms with van der Waals surface area (Å²) in [6, 6.07) is 11.0. The van der Waals surface area contributed by atoms with E-state index in [4.69, 9.17) is 0 Å². The second-order valence-electron chi connectivity index (χ2n) is 4.58. The first-order valence-corrected chi connectivity index (χ1v) is 8.18. The van der Waals surface area contributed by atoms with Crippen LogP contribution in [0.1, 0.15) is 23.4 Å². The molecule has 0 spiro atoms. The Hall–Kier alpha value is -0.980. The van der Waals surface area contributed by atoms with Crippen LogP contribution >= 0.6 is 27.3 Å². The van der Waals surface area contributed by atoms with E-state index in [9.17, 15) is 8.78 Å². The number of nitrogens with one attached hydrogen (secondary N) is 1. The molecular weight excluding hydrogens is 360 g/mol. The zero-order valence-electron chi connectivity index (χ0n) is 11.5. The second kappa shape index (κ2) is 7.87. The molecule has 1 aromatic carbocycles. The van der Waals surface area contributed by atoms with Gasteiger partial charge in [-0.3, -0.25) is 0 Å². The van der Waals surface area contributed by atoms with Crippen LogP contribution in [0.25, 0.3) is 0 Å². The number of halogens is 3. The molecule has 0 aliphatic heterocycles. The summed E-state index contributed by atoms with van der Waals surface area (Å²) >= 11 is 5.16. The van der Waals surface area contributed by atoms with Gasteiger partial charge in [-0.05, 0) is 59.1 Å². The number of rotatable bonds is 7. The molecule has 0 fully saturated rings. The topological polar surface area (TPSA) is 21.3 Å². The highest BCUT2D eigenvalue weighted by Gasteiger charge is 2.09. The van der Waals surface area contributed by atoms with E-state index in [1.165, 1.54) is 10.9 Å². The highest BCUT2D eigenvalue weighted by Crippen LogP contribution is 2.23. The van der Waals surface area contributed by atoms with Gasteiger partial charge in [-0.15, -0.1) is 11.3 Å². The minimum Gasteiger partial charge on any atom is -0.435 e. The van der Waals surface area contributed by atoms with Crippen molar-refractivity contribution in [2.75, 3.05) is 6.54 Å². The third-order valence-corrected chi connectivity index (χ3v) is 4.72. The molecule has 1 heterocycles. The number of hydrogen-bond acceptors (Lipinski definition) is 3. The number of thiophene rings is 1. The minimum absolute atomic E-state index is 0.0784. The standard InChI is InChI=1S/C15H16BrF2NOS/c1-10(19-8-7-13-5-6-14(16)21-13)11-3-2-4-12(9-11)20-15(17)18/h2-6,9-10,15,19H,7-8H2,1H3. The largest absolute Gasteiger partial charge is 0.435 e. The van der Waals surface area contributed by atoms with Crippen molar-refractivity contribution in [3.8, 4) is 5.75 Å². The zero-order valence-corrected chi connectivity index (χ0v) is 13.9. The number of ether oxygens (including phenoxy) is 1. The Bertz CT molecular complexity index is 576. The molecule has 2 nitrogen and oxygen atoms in total. The summed E-state index contributed by atoms with van der Waals surface area (Å²) < 4.78 is 30.0. The van der Waals surface area contributed by atoms with Crippen molar-refractivity contribution in [1.82, 2.24) is 5.32 Å². The summed E-state index contributed by atoms with van der Waals surface area (Å²) in [4.78, 5) is 1.30. The van der Waals surface area contributed by atoms with Gasteiger partial charge in [-0.2, -0.15) is 8.78 Å². The van der Waals surface area contributed by atoms with Crippen molar-refractivity contribution in [3.05, 3.63) is 50.6 Å². The summed E-state index contributed by atoms with van der Waals surface area (Å²) in [7, 11) is 0. The number of hydrogen-bond donors (Lipinski definition) is 1. The average Bonchev–Trinajstić information content (AvgIpc) is 2.84. The highest BCUT2D eigenvalue weighted by molar-refractivity contribution is 9.11. The molecule has 1 unspecified atom stereocenters. The predicted molar refractivity (Wildman–Crippen MR) is 85.2 cm³/mol. The first kappa shape index (κ1) is 16.4. The van der Waals surface area contributed by atoms with Gasteiger partial charge in [-0.25, -0.2) is 0 Å². The van der Waals surface area contributed by atoms with Crippen molar-refractivity contribution in [2.24, 2.45) is 0 Å². The lowest BCUT2D eigenvalue weighted by Crippen LogP contribution is -2.21. The van der Waals surface area contributed by atoms with Gasteiger partial charge in [0.25, 0.3) is 0 Å². The molecule has 6 heteroatoms. The molecule has 0 saturated carbocycles. The molecule has 114 valence electrons. The molecule has 0 amide bonds. The van der Waals surface area contributed by atoms with Crippen LogP contribution in [0.2, 0.25) is 0 Å². The third-order valence-electron chi connectivity index (χ3n) is 3.03. The lowest BCUT2D eigenvalue weighted by molar-refractivity contribution is -0.0499. The third kappa shape index (κ3) is 5.37. The van der Waals surface area contributed by atoms with E-state index < -0.39 is 6.61 Å². The minimum atomic E-state index is -2.79. The van der Waals surface area contributed by atoms with Crippen LogP contribution in [0, 0.1) is 0 Å². The number of alkyl halides is 2. The van der Waals surface area contributed by atoms with E-state index >= 15 is 0 Å². The molecule has 2 rings (SSSR count). The van der Waals surface area contributed by atoms with Crippen LogP contribution in [-0.4, -0.2) is 13.2 Å². The molecule has 0 bridgehead atoms. The normalized spacial score (nSPS) is 12.6. The summed E-state index contributed by atoms with van der Waals surface area (Å²) in [6.07, 6.45) is 0.938. The Morgan fingerprint density at radius 2 is 2.10 bits per heavy atom. The second-order valence-corrected chi connectivity index (χ2v) is 7.13. The van der Waals surface area contributed by atoms with Gasteiger partial charge in [0.05, 0.1) is 3.79 Å². The molecule has 1 atom stereocenters. The van der Waals surface area contributed by atoms with Gasteiger partial charge in [0.15, 0.2) is 0 Å². The quantitative estimate of drug-likeness (QED) is 0.734. The predicted octanol–water partition coefficient (Wildman–Crippen LogP) is 5.01. The van der Waals surface area contributed by atoms with Crippen LogP contribution in [0.15, 0.2) is 40.2 Å². The smallest absolute Gasteiger partial charge is 0.387 e. The van der Waals surface area contributed by atoms with E-state index in [0.29, 0.717) is 0 Å². The molecule has 1 aromatic heterocycles. The lowest BCUT2D eigenvalue weighted by Gasteiger charge is -2.15. The molecule has 0 radical (unpaired) electrons. The van der Waals surface area contributed by atoms with Gasteiger partial charge in [0.2, 0.25) is 0 Å². The Labute approximate surface area is 135 Å². The van der Waals surface area contributed by atoms with Gasteiger partial charge >= 0.3 is 6.61 Å². The maximum absolute atomic E-state index is 12.2. The Morgan fingerprint density at radius 1 is 1.29 bits per heavy atom. The average molecular weight is 376 g/mol. The van der Waals surface area contributed by atoms with Crippen molar-refractivity contribution in [1.29, 1.82) is 0 Å². The van der Waals surface area contributed by atoms with Gasteiger partial charge in [0, 0.05) is 17.5 Å². The molecular formula is C15H16BrF2NOS. The number of benzene rings is 1. The van der Waals surface area contributed by atoms with Crippen molar-refractivity contribution >= 4 is 27.3 Å². The molecule has 2 aromatic rings. The first-order valence-electron chi connectivity index (χ1n) is 6.57. The van der Waals surface area contributed by atoms with Gasteiger partial charge in [0.1, 0.15) is 5.75 Å². The fourth-order valence-electron chi connectivity index (χ4n) is 1.98. The van der Waals surface area contributed by atoms with E-state index in [2.05, 4.69) is 32.0 Å². The van der Waals surface area contributed by atoms with E-state index in [0.717, 1.165) is 22.3 Å². The summed E-state index contributed by atoms with van der Waals surface area (Å²) in [6.45, 7) is 0.0423. The van der Waals surface area contributed by atoms with Crippen LogP contribution in [0.5, 0.6) is 5.75 Å². The molecule has 0 aliphatic carbocycles. The Morgan fingerprint density at radius 3 is 2.76 bits per heavy atom. The van der Waals surface area contributed by atoms with Crippen molar-refractivity contribution < 1.29 is 13.5 Å². The molecule has 0 saturated heterocycles. The molecule has 21 heavy (non-hydrogen) atoms. The van der Waals surface area contributed by atoms with Crippen molar-refractivity contribution in [3.63, 3.8) is 0 Å². The zero-order chi connectivity index (χ0) is 15.2.